The van der Waals surface area contributed by atoms with Crippen molar-refractivity contribution >= 4 is 27.5 Å². The Morgan fingerprint density at radius 1 is 1.42 bits per heavy atom. The number of carbonyl (C=O) groups is 1. The van der Waals surface area contributed by atoms with Crippen molar-refractivity contribution in [1.29, 1.82) is 0 Å². The smallest absolute Gasteiger partial charge is 0.261 e. The molecule has 1 atom stereocenters. The maximum absolute atomic E-state index is 13.3. The van der Waals surface area contributed by atoms with Gasteiger partial charge < -0.3 is 10.2 Å². The molecule has 0 spiro atoms. The Balaban J connectivity index is 1.72. The summed E-state index contributed by atoms with van der Waals surface area (Å²) in [5.74, 6) is 0.375. The van der Waals surface area contributed by atoms with Crippen LogP contribution in [0, 0.1) is 0 Å². The Morgan fingerprint density at radius 2 is 2.25 bits per heavy atom. The van der Waals surface area contributed by atoms with Gasteiger partial charge in [-0.3, -0.25) is 9.89 Å². The summed E-state index contributed by atoms with van der Waals surface area (Å²) < 4.78 is 0.990. The number of carbonyl (C=O) groups excluding carboxylic acids is 1. The molecule has 3 heterocycles. The van der Waals surface area contributed by atoms with Crippen LogP contribution >= 0.6 is 15.9 Å². The lowest BCUT2D eigenvalue weighted by molar-refractivity contribution is 0.0984. The predicted octanol–water partition coefficient (Wildman–Crippen LogP) is 3.19. The number of halogens is 1. The topological polar surface area (TPSA) is 61.0 Å². The third-order valence-electron chi connectivity index (χ3n) is 5.15. The van der Waals surface area contributed by atoms with Gasteiger partial charge in [0.1, 0.15) is 0 Å². The number of hydrogen-bond donors (Lipinski definition) is 2. The molecule has 0 bridgehead atoms. The Kier molecular flexibility index (Phi) is 3.77. The SMILES string of the molecule is CC1(C)CN(C(=O)c2cn[nH]c2C2CCNC2)c2cc(Br)ccc21. The molecule has 1 saturated heterocycles. The first-order valence-electron chi connectivity index (χ1n) is 8.33. The molecule has 1 aromatic heterocycles. The van der Waals surface area contributed by atoms with Crippen LogP contribution in [0.1, 0.15) is 47.8 Å². The largest absolute Gasteiger partial charge is 0.316 e. The summed E-state index contributed by atoms with van der Waals surface area (Å²) in [6.45, 7) is 6.94. The van der Waals surface area contributed by atoms with Gasteiger partial charge in [-0.15, -0.1) is 0 Å². The van der Waals surface area contributed by atoms with Gasteiger partial charge in [-0.1, -0.05) is 35.8 Å². The number of nitrogens with one attached hydrogen (secondary N) is 2. The minimum atomic E-state index is -0.0511. The maximum Gasteiger partial charge on any atom is 0.261 e. The number of amides is 1. The summed E-state index contributed by atoms with van der Waals surface area (Å²) in [4.78, 5) is 15.2. The molecule has 0 radical (unpaired) electrons. The van der Waals surface area contributed by atoms with Crippen molar-refractivity contribution in [2.75, 3.05) is 24.5 Å². The first-order chi connectivity index (χ1) is 11.5. The number of anilines is 1. The lowest BCUT2D eigenvalue weighted by Gasteiger charge is -2.21. The molecule has 1 aromatic carbocycles. The van der Waals surface area contributed by atoms with Crippen LogP contribution in [0.3, 0.4) is 0 Å². The molecule has 6 heteroatoms. The molecule has 4 rings (SSSR count). The van der Waals surface area contributed by atoms with Gasteiger partial charge in [0.2, 0.25) is 0 Å². The number of nitrogens with zero attached hydrogens (tertiary/aromatic N) is 2. The van der Waals surface area contributed by atoms with Crippen molar-refractivity contribution in [1.82, 2.24) is 15.5 Å². The number of fused-ring (bicyclic) bond motifs is 1. The molecule has 1 unspecified atom stereocenters. The van der Waals surface area contributed by atoms with E-state index in [0.29, 0.717) is 18.0 Å². The van der Waals surface area contributed by atoms with E-state index in [0.717, 1.165) is 35.4 Å². The molecule has 2 aromatic rings. The summed E-state index contributed by atoms with van der Waals surface area (Å²) in [5.41, 5.74) is 3.83. The first kappa shape index (κ1) is 15.8. The minimum absolute atomic E-state index is 0.0376. The van der Waals surface area contributed by atoms with E-state index in [1.54, 1.807) is 6.20 Å². The number of rotatable bonds is 2. The summed E-state index contributed by atoms with van der Waals surface area (Å²) >= 11 is 3.53. The zero-order chi connectivity index (χ0) is 16.9. The van der Waals surface area contributed by atoms with Crippen LogP contribution in [0.25, 0.3) is 0 Å². The summed E-state index contributed by atoms with van der Waals surface area (Å²) in [6, 6.07) is 6.20. The zero-order valence-corrected chi connectivity index (χ0v) is 15.5. The van der Waals surface area contributed by atoms with Crippen LogP contribution < -0.4 is 10.2 Å². The third-order valence-corrected chi connectivity index (χ3v) is 5.64. The van der Waals surface area contributed by atoms with E-state index in [9.17, 15) is 4.79 Å². The molecule has 2 N–H and O–H groups in total. The lowest BCUT2D eigenvalue weighted by Crippen LogP contribution is -2.34. The van der Waals surface area contributed by atoms with Gasteiger partial charge in [0, 0.05) is 34.6 Å². The van der Waals surface area contributed by atoms with Crippen molar-refractivity contribution in [2.45, 2.75) is 31.6 Å². The summed E-state index contributed by atoms with van der Waals surface area (Å²) in [5, 5.41) is 10.6. The molecule has 2 aliphatic heterocycles. The highest BCUT2D eigenvalue weighted by atomic mass is 79.9. The molecule has 5 nitrogen and oxygen atoms in total. The highest BCUT2D eigenvalue weighted by molar-refractivity contribution is 9.10. The molecule has 1 fully saturated rings. The van der Waals surface area contributed by atoms with E-state index in [-0.39, 0.29) is 11.3 Å². The van der Waals surface area contributed by atoms with Crippen molar-refractivity contribution in [3.05, 3.63) is 45.7 Å². The maximum atomic E-state index is 13.3. The van der Waals surface area contributed by atoms with Crippen molar-refractivity contribution < 1.29 is 4.79 Å². The molecular formula is C18H21BrN4O. The molecule has 0 aliphatic carbocycles. The van der Waals surface area contributed by atoms with Crippen LogP contribution in [-0.2, 0) is 5.41 Å². The Morgan fingerprint density at radius 3 is 3.00 bits per heavy atom. The highest BCUT2D eigenvalue weighted by Crippen LogP contribution is 2.42. The van der Waals surface area contributed by atoms with Gasteiger partial charge in [-0.05, 0) is 30.7 Å². The molecule has 24 heavy (non-hydrogen) atoms. The fraction of sp³-hybridized carbons (Fsp3) is 0.444. The lowest BCUT2D eigenvalue weighted by atomic mass is 9.87. The van der Waals surface area contributed by atoms with Crippen molar-refractivity contribution in [2.24, 2.45) is 0 Å². The average Bonchev–Trinajstić information content (AvgIpc) is 3.25. The number of hydrogen-bond acceptors (Lipinski definition) is 3. The zero-order valence-electron chi connectivity index (χ0n) is 13.9. The number of aromatic nitrogens is 2. The van der Waals surface area contributed by atoms with Gasteiger partial charge in [-0.2, -0.15) is 5.10 Å². The monoisotopic (exact) mass is 388 g/mol. The Bertz CT molecular complexity index is 792. The van der Waals surface area contributed by atoms with Gasteiger partial charge in [0.05, 0.1) is 17.5 Å². The third kappa shape index (κ3) is 2.48. The number of benzene rings is 1. The molecule has 0 saturated carbocycles. The second kappa shape index (κ2) is 5.70. The standard InChI is InChI=1S/C18H21BrN4O/c1-18(2)10-23(15-7-12(19)3-4-14(15)18)17(24)13-9-21-22-16(13)11-5-6-20-8-11/h3-4,7,9,11,20H,5-6,8,10H2,1-2H3,(H,21,22). The quantitative estimate of drug-likeness (QED) is 0.830. The fourth-order valence-electron chi connectivity index (χ4n) is 3.87. The Labute approximate surface area is 149 Å². The Hall–Kier alpha value is -1.66. The fourth-order valence-corrected chi connectivity index (χ4v) is 4.22. The van der Waals surface area contributed by atoms with E-state index in [1.807, 2.05) is 17.0 Å². The number of aromatic amines is 1. The summed E-state index contributed by atoms with van der Waals surface area (Å²) in [7, 11) is 0. The number of H-pyrrole nitrogens is 1. The normalized spacial score (nSPS) is 22.0. The van der Waals surface area contributed by atoms with E-state index in [1.165, 1.54) is 5.56 Å². The van der Waals surface area contributed by atoms with Crippen molar-refractivity contribution in [3.8, 4) is 0 Å². The predicted molar refractivity (Wildman–Crippen MR) is 97.7 cm³/mol. The average molecular weight is 389 g/mol. The molecule has 126 valence electrons. The van der Waals surface area contributed by atoms with E-state index in [2.05, 4.69) is 51.4 Å². The molecular weight excluding hydrogens is 368 g/mol. The van der Waals surface area contributed by atoms with Gasteiger partial charge >= 0.3 is 0 Å². The van der Waals surface area contributed by atoms with Crippen LogP contribution in [0.4, 0.5) is 5.69 Å². The highest BCUT2D eigenvalue weighted by Gasteiger charge is 2.39. The molecule has 2 aliphatic rings. The van der Waals surface area contributed by atoms with Gasteiger partial charge in [0.15, 0.2) is 0 Å². The minimum Gasteiger partial charge on any atom is -0.316 e. The van der Waals surface area contributed by atoms with Crippen LogP contribution in [-0.4, -0.2) is 35.7 Å². The molecule has 1 amide bonds. The van der Waals surface area contributed by atoms with E-state index in [4.69, 9.17) is 0 Å². The van der Waals surface area contributed by atoms with Gasteiger partial charge in [0.25, 0.3) is 5.91 Å². The van der Waals surface area contributed by atoms with Crippen LogP contribution in [0.5, 0.6) is 0 Å². The first-order valence-corrected chi connectivity index (χ1v) is 9.12. The second-order valence-electron chi connectivity index (χ2n) is 7.32. The van der Waals surface area contributed by atoms with Crippen LogP contribution in [0.15, 0.2) is 28.9 Å². The van der Waals surface area contributed by atoms with E-state index >= 15 is 0 Å². The van der Waals surface area contributed by atoms with Gasteiger partial charge in [-0.25, -0.2) is 0 Å². The second-order valence-corrected chi connectivity index (χ2v) is 8.24. The van der Waals surface area contributed by atoms with E-state index < -0.39 is 0 Å². The summed E-state index contributed by atoms with van der Waals surface area (Å²) in [6.07, 6.45) is 2.72. The van der Waals surface area contributed by atoms with Crippen LogP contribution in [0.2, 0.25) is 0 Å². The van der Waals surface area contributed by atoms with Crippen molar-refractivity contribution in [3.63, 3.8) is 0 Å².